The molecule has 132 valence electrons. The smallest absolute Gasteiger partial charge is 0.274 e. The average molecular weight is 340 g/mol. The first-order chi connectivity index (χ1) is 12.2. The molecule has 0 radical (unpaired) electrons. The van der Waals surface area contributed by atoms with Crippen molar-refractivity contribution < 1.29 is 9.53 Å². The van der Waals surface area contributed by atoms with Crippen molar-refractivity contribution in [2.75, 3.05) is 32.8 Å². The average Bonchev–Trinajstić information content (AvgIpc) is 3.00. The van der Waals surface area contributed by atoms with Gasteiger partial charge in [0.1, 0.15) is 0 Å². The zero-order valence-electron chi connectivity index (χ0n) is 14.6. The molecule has 0 unspecified atom stereocenters. The molecule has 1 fully saturated rings. The Morgan fingerprint density at radius 3 is 2.60 bits per heavy atom. The van der Waals surface area contributed by atoms with Crippen molar-refractivity contribution in [1.29, 1.82) is 0 Å². The van der Waals surface area contributed by atoms with Crippen molar-refractivity contribution in [3.63, 3.8) is 0 Å². The molecule has 0 saturated carbocycles. The lowest BCUT2D eigenvalue weighted by molar-refractivity contribution is 0.0621. The Balaban J connectivity index is 1.39. The number of rotatable bonds is 3. The van der Waals surface area contributed by atoms with Crippen LogP contribution in [-0.4, -0.2) is 58.3 Å². The van der Waals surface area contributed by atoms with Gasteiger partial charge in [-0.25, -0.2) is 4.68 Å². The molecule has 2 aromatic rings. The number of fused-ring (bicyclic) bond motifs is 1. The molecule has 3 heterocycles. The molecule has 0 atom stereocenters. The molecule has 0 bridgehead atoms. The van der Waals surface area contributed by atoms with Gasteiger partial charge in [0.2, 0.25) is 5.88 Å². The molecule has 1 aromatic carbocycles. The number of hydrogen-bond acceptors (Lipinski definition) is 4. The SMILES string of the molecule is Cc1c(C(=O)N2CCN(Cc3ccccc3)CC2)nn2c1OCCC2. The summed E-state index contributed by atoms with van der Waals surface area (Å²) in [6, 6.07) is 10.5. The number of amides is 1. The fourth-order valence-corrected chi connectivity index (χ4v) is 3.56. The second-order valence-electron chi connectivity index (χ2n) is 6.76. The molecule has 2 aliphatic heterocycles. The van der Waals surface area contributed by atoms with Crippen molar-refractivity contribution in [1.82, 2.24) is 19.6 Å². The first-order valence-electron chi connectivity index (χ1n) is 8.98. The Morgan fingerprint density at radius 2 is 1.88 bits per heavy atom. The van der Waals surface area contributed by atoms with Crippen molar-refractivity contribution in [2.45, 2.75) is 26.4 Å². The molecule has 6 heteroatoms. The third-order valence-electron chi connectivity index (χ3n) is 5.00. The van der Waals surface area contributed by atoms with E-state index in [2.05, 4.69) is 34.3 Å². The second-order valence-corrected chi connectivity index (χ2v) is 6.76. The van der Waals surface area contributed by atoms with Gasteiger partial charge >= 0.3 is 0 Å². The number of carbonyl (C=O) groups is 1. The molecule has 0 aliphatic carbocycles. The molecule has 2 aliphatic rings. The Labute approximate surface area is 148 Å². The van der Waals surface area contributed by atoms with Crippen molar-refractivity contribution in [2.24, 2.45) is 0 Å². The fourth-order valence-electron chi connectivity index (χ4n) is 3.56. The predicted octanol–water partition coefficient (Wildman–Crippen LogP) is 1.93. The topological polar surface area (TPSA) is 50.6 Å². The number of hydrogen-bond donors (Lipinski definition) is 0. The van der Waals surface area contributed by atoms with Crippen LogP contribution < -0.4 is 4.74 Å². The van der Waals surface area contributed by atoms with E-state index in [0.29, 0.717) is 12.3 Å². The molecular formula is C19H24N4O2. The standard InChI is InChI=1S/C19H24N4O2/c1-15-17(20-23-8-5-13-25-19(15)23)18(24)22-11-9-21(10-12-22)14-16-6-3-2-4-7-16/h2-4,6-7H,5,8-14H2,1H3. The third kappa shape index (κ3) is 3.26. The molecule has 1 aromatic heterocycles. The maximum atomic E-state index is 12.9. The number of carbonyl (C=O) groups excluding carboxylic acids is 1. The normalized spacial score (nSPS) is 17.9. The van der Waals surface area contributed by atoms with E-state index in [0.717, 1.165) is 57.1 Å². The summed E-state index contributed by atoms with van der Waals surface area (Å²) in [5.74, 6) is 0.791. The van der Waals surface area contributed by atoms with Crippen LogP contribution in [-0.2, 0) is 13.1 Å². The van der Waals surface area contributed by atoms with E-state index in [-0.39, 0.29) is 5.91 Å². The van der Waals surface area contributed by atoms with Gasteiger partial charge in [-0.1, -0.05) is 30.3 Å². The Morgan fingerprint density at radius 1 is 1.12 bits per heavy atom. The van der Waals surface area contributed by atoms with Gasteiger partial charge in [0.05, 0.1) is 6.61 Å². The van der Waals surface area contributed by atoms with Gasteiger partial charge in [0.15, 0.2) is 5.69 Å². The van der Waals surface area contributed by atoms with Crippen LogP contribution in [0.15, 0.2) is 30.3 Å². The van der Waals surface area contributed by atoms with Gasteiger partial charge in [-0.05, 0) is 12.5 Å². The molecule has 6 nitrogen and oxygen atoms in total. The van der Waals surface area contributed by atoms with Crippen molar-refractivity contribution in [3.05, 3.63) is 47.2 Å². The minimum absolute atomic E-state index is 0.0300. The number of piperazine rings is 1. The number of nitrogens with zero attached hydrogens (tertiary/aromatic N) is 4. The number of aryl methyl sites for hydroxylation is 1. The van der Waals surface area contributed by atoms with Gasteiger partial charge in [-0.15, -0.1) is 0 Å². The van der Waals surface area contributed by atoms with Crippen LogP contribution in [0.3, 0.4) is 0 Å². The fraction of sp³-hybridized carbons (Fsp3) is 0.474. The second kappa shape index (κ2) is 6.88. The van der Waals surface area contributed by atoms with E-state index in [9.17, 15) is 4.79 Å². The summed E-state index contributed by atoms with van der Waals surface area (Å²) in [6.07, 6.45) is 0.944. The number of benzene rings is 1. The molecule has 0 spiro atoms. The van der Waals surface area contributed by atoms with Crippen LogP contribution in [0.25, 0.3) is 0 Å². The zero-order chi connectivity index (χ0) is 17.2. The minimum Gasteiger partial charge on any atom is -0.478 e. The highest BCUT2D eigenvalue weighted by molar-refractivity contribution is 5.94. The van der Waals surface area contributed by atoms with Crippen molar-refractivity contribution in [3.8, 4) is 5.88 Å². The van der Waals surface area contributed by atoms with E-state index in [1.165, 1.54) is 5.56 Å². The molecule has 0 N–H and O–H groups in total. The Bertz CT molecular complexity index is 748. The predicted molar refractivity (Wildman–Crippen MR) is 94.7 cm³/mol. The van der Waals surface area contributed by atoms with Crippen LogP contribution in [0.4, 0.5) is 0 Å². The highest BCUT2D eigenvalue weighted by Gasteiger charge is 2.28. The van der Waals surface area contributed by atoms with Crippen LogP contribution in [0.2, 0.25) is 0 Å². The molecule has 4 rings (SSSR count). The third-order valence-corrected chi connectivity index (χ3v) is 5.00. The van der Waals surface area contributed by atoms with Crippen LogP contribution in [0, 0.1) is 6.92 Å². The molecule has 1 amide bonds. The number of aromatic nitrogens is 2. The van der Waals surface area contributed by atoms with Crippen LogP contribution in [0.5, 0.6) is 5.88 Å². The summed E-state index contributed by atoms with van der Waals surface area (Å²) in [7, 11) is 0. The monoisotopic (exact) mass is 340 g/mol. The maximum Gasteiger partial charge on any atom is 0.274 e. The van der Waals surface area contributed by atoms with Gasteiger partial charge < -0.3 is 9.64 Å². The lowest BCUT2D eigenvalue weighted by atomic mass is 10.2. The highest BCUT2D eigenvalue weighted by atomic mass is 16.5. The molecule has 1 saturated heterocycles. The summed E-state index contributed by atoms with van der Waals surface area (Å²) in [5.41, 5.74) is 2.74. The first kappa shape index (κ1) is 16.1. The summed E-state index contributed by atoms with van der Waals surface area (Å²) in [4.78, 5) is 17.2. The molecule has 25 heavy (non-hydrogen) atoms. The zero-order valence-corrected chi connectivity index (χ0v) is 14.6. The van der Waals surface area contributed by atoms with E-state index in [1.54, 1.807) is 0 Å². The molecular weight excluding hydrogens is 316 g/mol. The maximum absolute atomic E-state index is 12.9. The lowest BCUT2D eigenvalue weighted by Gasteiger charge is -2.34. The largest absolute Gasteiger partial charge is 0.478 e. The Hall–Kier alpha value is -2.34. The summed E-state index contributed by atoms with van der Waals surface area (Å²) >= 11 is 0. The van der Waals surface area contributed by atoms with Gasteiger partial charge in [-0.3, -0.25) is 9.69 Å². The van der Waals surface area contributed by atoms with E-state index < -0.39 is 0 Å². The van der Waals surface area contributed by atoms with Gasteiger partial charge in [-0.2, -0.15) is 5.10 Å². The quantitative estimate of drug-likeness (QED) is 0.857. The first-order valence-corrected chi connectivity index (χ1v) is 8.98. The Kier molecular flexibility index (Phi) is 4.44. The number of ether oxygens (including phenoxy) is 1. The summed E-state index contributed by atoms with van der Waals surface area (Å²) in [5, 5.41) is 4.50. The van der Waals surface area contributed by atoms with Crippen molar-refractivity contribution >= 4 is 5.91 Å². The van der Waals surface area contributed by atoms with Crippen LogP contribution >= 0.6 is 0 Å². The van der Waals surface area contributed by atoms with Gasteiger partial charge in [0.25, 0.3) is 5.91 Å². The van der Waals surface area contributed by atoms with Crippen LogP contribution in [0.1, 0.15) is 28.0 Å². The van der Waals surface area contributed by atoms with E-state index >= 15 is 0 Å². The highest BCUT2D eigenvalue weighted by Crippen LogP contribution is 2.26. The summed E-state index contributed by atoms with van der Waals surface area (Å²) < 4.78 is 7.51. The van der Waals surface area contributed by atoms with E-state index in [4.69, 9.17) is 4.74 Å². The lowest BCUT2D eigenvalue weighted by Crippen LogP contribution is -2.48. The minimum atomic E-state index is 0.0300. The van der Waals surface area contributed by atoms with Gasteiger partial charge in [0, 0.05) is 51.3 Å². The summed E-state index contributed by atoms with van der Waals surface area (Å²) in [6.45, 7) is 7.68. The van der Waals surface area contributed by atoms with E-state index in [1.807, 2.05) is 22.6 Å².